The first-order valence-electron chi connectivity index (χ1n) is 9.38. The molecule has 0 aliphatic heterocycles. The van der Waals surface area contributed by atoms with Gasteiger partial charge in [-0.1, -0.05) is 26.3 Å². The monoisotopic (exact) mass is 318 g/mol. The molecule has 0 bridgehead atoms. The van der Waals surface area contributed by atoms with Crippen LogP contribution in [-0.4, -0.2) is 28.2 Å². The van der Waals surface area contributed by atoms with E-state index in [1.165, 1.54) is 5.57 Å². The molecule has 0 radical (unpaired) electrons. The van der Waals surface area contributed by atoms with Crippen LogP contribution in [0.3, 0.4) is 0 Å². The molecule has 2 N–H and O–H groups in total. The molecular formula is C20H30O3. The van der Waals surface area contributed by atoms with Gasteiger partial charge in [-0.25, -0.2) is 0 Å². The van der Waals surface area contributed by atoms with Gasteiger partial charge in [0.1, 0.15) is 0 Å². The molecular weight excluding hydrogens is 288 g/mol. The lowest BCUT2D eigenvalue weighted by atomic mass is 9.44. The van der Waals surface area contributed by atoms with Crippen molar-refractivity contribution in [2.24, 2.45) is 34.5 Å². The summed E-state index contributed by atoms with van der Waals surface area (Å²) in [6.45, 7) is 6.68. The fourth-order valence-electron chi connectivity index (χ4n) is 7.02. The van der Waals surface area contributed by atoms with Crippen molar-refractivity contribution in [3.63, 3.8) is 0 Å². The van der Waals surface area contributed by atoms with Crippen molar-refractivity contribution in [1.82, 2.24) is 0 Å². The predicted octanol–water partition coefficient (Wildman–Crippen LogP) is 3.10. The number of hydrogen-bond donors (Lipinski definition) is 2. The van der Waals surface area contributed by atoms with Gasteiger partial charge in [0.25, 0.3) is 0 Å². The lowest BCUT2D eigenvalue weighted by molar-refractivity contribution is -0.151. The van der Waals surface area contributed by atoms with E-state index in [1.54, 1.807) is 0 Å². The summed E-state index contributed by atoms with van der Waals surface area (Å²) in [5.74, 6) is 1.81. The summed E-state index contributed by atoms with van der Waals surface area (Å²) in [5, 5.41) is 21.6. The highest BCUT2D eigenvalue weighted by Gasteiger charge is 2.62. The molecule has 8 atom stereocenters. The Hall–Kier alpha value is -0.670. The fraction of sp³-hybridized carbons (Fsp3) is 0.850. The first-order valence-corrected chi connectivity index (χ1v) is 9.38. The lowest BCUT2D eigenvalue weighted by Crippen LogP contribution is -2.58. The van der Waals surface area contributed by atoms with Crippen molar-refractivity contribution in [1.29, 1.82) is 0 Å². The van der Waals surface area contributed by atoms with Crippen LogP contribution in [0.2, 0.25) is 0 Å². The Morgan fingerprint density at radius 3 is 2.65 bits per heavy atom. The van der Waals surface area contributed by atoms with E-state index >= 15 is 0 Å². The van der Waals surface area contributed by atoms with Gasteiger partial charge in [-0.05, 0) is 72.7 Å². The average Bonchev–Trinajstić information content (AvgIpc) is 2.76. The third-order valence-corrected chi connectivity index (χ3v) is 8.40. The van der Waals surface area contributed by atoms with Gasteiger partial charge in [-0.3, -0.25) is 4.79 Å². The van der Waals surface area contributed by atoms with Crippen molar-refractivity contribution in [2.75, 3.05) is 0 Å². The second-order valence-corrected chi connectivity index (χ2v) is 9.23. The second-order valence-electron chi connectivity index (χ2n) is 9.23. The first-order chi connectivity index (χ1) is 10.8. The second kappa shape index (κ2) is 4.92. The van der Waals surface area contributed by atoms with Gasteiger partial charge < -0.3 is 10.2 Å². The largest absolute Gasteiger partial charge is 0.393 e. The number of aliphatic hydroxyl groups is 2. The third kappa shape index (κ3) is 1.93. The number of carbonyl (C=O) groups excluding carboxylic acids is 1. The molecule has 0 heterocycles. The predicted molar refractivity (Wildman–Crippen MR) is 88.7 cm³/mol. The summed E-state index contributed by atoms with van der Waals surface area (Å²) in [4.78, 5) is 12.0. The van der Waals surface area contributed by atoms with Gasteiger partial charge in [-0.15, -0.1) is 0 Å². The zero-order valence-corrected chi connectivity index (χ0v) is 14.6. The quantitative estimate of drug-likeness (QED) is 0.721. The van der Waals surface area contributed by atoms with Gasteiger partial charge in [0.2, 0.25) is 0 Å². The summed E-state index contributed by atoms with van der Waals surface area (Å²) in [6.07, 6.45) is 6.61. The minimum absolute atomic E-state index is 0.0505. The van der Waals surface area contributed by atoms with E-state index < -0.39 is 0 Å². The summed E-state index contributed by atoms with van der Waals surface area (Å²) in [5.41, 5.74) is 1.11. The molecule has 0 saturated heterocycles. The Kier molecular flexibility index (Phi) is 3.39. The summed E-state index contributed by atoms with van der Waals surface area (Å²) in [7, 11) is 0. The van der Waals surface area contributed by atoms with Gasteiger partial charge in [0.05, 0.1) is 12.2 Å². The van der Waals surface area contributed by atoms with Crippen LogP contribution in [0.25, 0.3) is 0 Å². The topological polar surface area (TPSA) is 57.5 Å². The maximum absolute atomic E-state index is 12.0. The molecule has 4 aliphatic rings. The summed E-state index contributed by atoms with van der Waals surface area (Å²) < 4.78 is 0. The molecule has 3 fully saturated rings. The molecule has 2 unspecified atom stereocenters. The van der Waals surface area contributed by atoms with Crippen LogP contribution >= 0.6 is 0 Å². The smallest absolute Gasteiger partial charge is 0.155 e. The van der Waals surface area contributed by atoms with E-state index in [0.29, 0.717) is 30.6 Å². The van der Waals surface area contributed by atoms with Crippen molar-refractivity contribution in [2.45, 2.75) is 71.5 Å². The maximum atomic E-state index is 12.0. The van der Waals surface area contributed by atoms with Gasteiger partial charge in [0.15, 0.2) is 5.78 Å². The minimum Gasteiger partial charge on any atom is -0.393 e. The summed E-state index contributed by atoms with van der Waals surface area (Å²) in [6, 6.07) is 0. The Bertz CT molecular complexity index is 567. The molecule has 23 heavy (non-hydrogen) atoms. The molecule has 3 heteroatoms. The number of hydrogen-bond acceptors (Lipinski definition) is 3. The number of ketones is 1. The van der Waals surface area contributed by atoms with E-state index in [2.05, 4.69) is 20.8 Å². The normalized spacial score (nSPS) is 55.7. The van der Waals surface area contributed by atoms with Crippen LogP contribution in [-0.2, 0) is 4.79 Å². The van der Waals surface area contributed by atoms with Crippen LogP contribution in [0.5, 0.6) is 0 Å². The highest BCUT2D eigenvalue weighted by atomic mass is 16.3. The highest BCUT2D eigenvalue weighted by molar-refractivity contribution is 5.92. The Balaban J connectivity index is 1.77. The zero-order valence-electron chi connectivity index (χ0n) is 14.6. The van der Waals surface area contributed by atoms with Crippen molar-refractivity contribution in [3.05, 3.63) is 11.6 Å². The number of allylic oxidation sites excluding steroid dienone is 1. The van der Waals surface area contributed by atoms with Crippen molar-refractivity contribution in [3.8, 4) is 0 Å². The molecule has 0 spiro atoms. The van der Waals surface area contributed by atoms with Gasteiger partial charge >= 0.3 is 0 Å². The molecule has 0 aromatic carbocycles. The van der Waals surface area contributed by atoms with E-state index in [4.69, 9.17) is 0 Å². The van der Waals surface area contributed by atoms with E-state index in [0.717, 1.165) is 25.7 Å². The highest BCUT2D eigenvalue weighted by Crippen LogP contribution is 2.66. The molecule has 0 aromatic heterocycles. The molecule has 4 rings (SSSR count). The SMILES string of the molecule is CC1CC(=O)C=C2CC[C@H]3[C@@H]4CC[C@H](O)[C@@]4(C)CC(O)[C@@H]3[C@]21C. The Morgan fingerprint density at radius 2 is 1.91 bits per heavy atom. The molecule has 4 aliphatic carbocycles. The number of fused-ring (bicyclic) bond motifs is 5. The van der Waals surface area contributed by atoms with E-state index in [1.807, 2.05) is 6.08 Å². The van der Waals surface area contributed by atoms with E-state index in [-0.39, 0.29) is 34.7 Å². The minimum atomic E-state index is -0.363. The van der Waals surface area contributed by atoms with Crippen LogP contribution in [0.4, 0.5) is 0 Å². The molecule has 3 saturated carbocycles. The third-order valence-electron chi connectivity index (χ3n) is 8.40. The van der Waals surface area contributed by atoms with Crippen LogP contribution < -0.4 is 0 Å². The molecule has 0 amide bonds. The van der Waals surface area contributed by atoms with Gasteiger partial charge in [0, 0.05) is 6.42 Å². The van der Waals surface area contributed by atoms with E-state index in [9.17, 15) is 15.0 Å². The van der Waals surface area contributed by atoms with Crippen LogP contribution in [0.1, 0.15) is 59.3 Å². The average molecular weight is 318 g/mol. The molecule has 128 valence electrons. The van der Waals surface area contributed by atoms with Gasteiger partial charge in [-0.2, -0.15) is 0 Å². The number of rotatable bonds is 0. The van der Waals surface area contributed by atoms with Crippen molar-refractivity contribution < 1.29 is 15.0 Å². The number of carbonyl (C=O) groups is 1. The first kappa shape index (κ1) is 15.8. The zero-order chi connectivity index (χ0) is 16.6. The van der Waals surface area contributed by atoms with Crippen molar-refractivity contribution >= 4 is 5.78 Å². The Morgan fingerprint density at radius 1 is 1.17 bits per heavy atom. The molecule has 0 aromatic rings. The lowest BCUT2D eigenvalue weighted by Gasteiger charge is -2.61. The molecule has 3 nitrogen and oxygen atoms in total. The Labute approximate surface area is 139 Å². The van der Waals surface area contributed by atoms with Crippen LogP contribution in [0.15, 0.2) is 11.6 Å². The maximum Gasteiger partial charge on any atom is 0.155 e. The number of aliphatic hydroxyl groups excluding tert-OH is 2. The fourth-order valence-corrected chi connectivity index (χ4v) is 7.02. The summed E-state index contributed by atoms with van der Waals surface area (Å²) >= 11 is 0. The standard InChI is InChI=1S/C20H30O3/c1-11-8-13(21)9-12-4-5-14-15-6-7-17(23)19(15,2)10-16(22)18(14)20(11,12)3/h9,11,14-18,22-23H,4-8,10H2,1-3H3/t11?,14-,15-,16?,17-,18+,19-,20-/m0/s1. The van der Waals surface area contributed by atoms with Crippen LogP contribution in [0, 0.1) is 34.5 Å².